The quantitative estimate of drug-likeness (QED) is 0.241. The summed E-state index contributed by atoms with van der Waals surface area (Å²) in [6.45, 7) is 5.18. The summed E-state index contributed by atoms with van der Waals surface area (Å²) >= 11 is 18.9. The van der Waals surface area contributed by atoms with Crippen molar-refractivity contribution in [2.24, 2.45) is 0 Å². The first kappa shape index (κ1) is 32.5. The van der Waals surface area contributed by atoms with Crippen molar-refractivity contribution in [1.82, 2.24) is 10.2 Å². The van der Waals surface area contributed by atoms with Gasteiger partial charge in [-0.1, -0.05) is 59.9 Å². The summed E-state index contributed by atoms with van der Waals surface area (Å²) in [6.07, 6.45) is 0.263. The molecule has 0 aliphatic heterocycles. The van der Waals surface area contributed by atoms with Gasteiger partial charge in [0.15, 0.2) is 0 Å². The normalized spacial score (nSPS) is 12.0. The molecule has 0 aromatic heterocycles. The summed E-state index contributed by atoms with van der Waals surface area (Å²) < 4.78 is 34.8. The van der Waals surface area contributed by atoms with Gasteiger partial charge in [-0.15, -0.1) is 0 Å². The summed E-state index contributed by atoms with van der Waals surface area (Å²) in [5.74, 6) is -0.743. The van der Waals surface area contributed by atoms with E-state index >= 15 is 0 Å². The molecule has 1 N–H and O–H groups in total. The van der Waals surface area contributed by atoms with Crippen LogP contribution in [-0.2, 0) is 26.2 Å². The number of carbonyl (C=O) groups excluding carboxylic acids is 2. The minimum Gasteiger partial charge on any atom is -0.492 e. The molecule has 3 aromatic rings. The molecule has 3 rings (SSSR count). The number of nitrogens with one attached hydrogen (secondary N) is 1. The van der Waals surface area contributed by atoms with E-state index in [1.54, 1.807) is 63.2 Å². The maximum atomic E-state index is 14.2. The van der Waals surface area contributed by atoms with Gasteiger partial charge in [0, 0.05) is 33.7 Å². The van der Waals surface area contributed by atoms with Crippen LogP contribution in [0.4, 0.5) is 5.69 Å². The molecule has 0 heterocycles. The van der Waals surface area contributed by atoms with Gasteiger partial charge in [0.05, 0.1) is 17.2 Å². The number of sulfonamides is 1. The Balaban J connectivity index is 2.15. The van der Waals surface area contributed by atoms with Gasteiger partial charge < -0.3 is 15.0 Å². The molecule has 0 aliphatic rings. The molecule has 0 unspecified atom stereocenters. The van der Waals surface area contributed by atoms with Crippen LogP contribution in [0, 0.1) is 0 Å². The van der Waals surface area contributed by atoms with E-state index in [9.17, 15) is 18.0 Å². The zero-order chi connectivity index (χ0) is 30.2. The minimum absolute atomic E-state index is 0.0718. The fraction of sp³-hybridized carbons (Fsp3) is 0.310. The number of anilines is 1. The summed E-state index contributed by atoms with van der Waals surface area (Å²) in [4.78, 5) is 28.5. The van der Waals surface area contributed by atoms with Crippen molar-refractivity contribution in [2.75, 3.05) is 24.0 Å². The van der Waals surface area contributed by atoms with Gasteiger partial charge in [0.25, 0.3) is 10.0 Å². The van der Waals surface area contributed by atoms with Gasteiger partial charge in [-0.05, 0) is 68.8 Å². The highest BCUT2D eigenvalue weighted by Gasteiger charge is 2.35. The predicted molar refractivity (Wildman–Crippen MR) is 163 cm³/mol. The Morgan fingerprint density at radius 3 is 2.12 bits per heavy atom. The number of hydrogen-bond donors (Lipinski definition) is 1. The van der Waals surface area contributed by atoms with Crippen molar-refractivity contribution >= 4 is 62.3 Å². The maximum Gasteiger partial charge on any atom is 0.264 e. The summed E-state index contributed by atoms with van der Waals surface area (Å²) in [6, 6.07) is 16.2. The molecule has 1 atom stereocenters. The van der Waals surface area contributed by atoms with Crippen LogP contribution in [-0.4, -0.2) is 50.9 Å². The topological polar surface area (TPSA) is 96.0 Å². The molecule has 0 saturated heterocycles. The van der Waals surface area contributed by atoms with Crippen LogP contribution in [0.1, 0.15) is 32.8 Å². The maximum absolute atomic E-state index is 14.2. The van der Waals surface area contributed by atoms with Crippen molar-refractivity contribution < 1.29 is 22.7 Å². The fourth-order valence-corrected chi connectivity index (χ4v) is 6.32. The Bertz CT molecular complexity index is 1450. The number of halogens is 3. The van der Waals surface area contributed by atoms with E-state index in [0.29, 0.717) is 27.2 Å². The van der Waals surface area contributed by atoms with Crippen LogP contribution >= 0.6 is 34.8 Å². The number of benzene rings is 3. The van der Waals surface area contributed by atoms with Crippen LogP contribution in [0.25, 0.3) is 0 Å². The number of nitrogens with zero attached hydrogens (tertiary/aromatic N) is 2. The third-order valence-electron chi connectivity index (χ3n) is 6.24. The first-order valence-corrected chi connectivity index (χ1v) is 15.6. The predicted octanol–water partition coefficient (Wildman–Crippen LogP) is 6.18. The standard InChI is InChI=1S/C29H32Cl3N3O5S/c1-4-25(29(37)33-5-2)34(18-22-23(31)10-9-11-24(22)32)28(36)19-35(26-12-7-8-13-27(26)40-6-3)41(38,39)21-16-14-20(30)15-17-21/h7-17,25H,4-6,18-19H2,1-3H3,(H,33,37)/t25-/m1/s1. The number of carbonyl (C=O) groups is 2. The highest BCUT2D eigenvalue weighted by atomic mass is 35.5. The number of hydrogen-bond acceptors (Lipinski definition) is 5. The van der Waals surface area contributed by atoms with Gasteiger partial charge in [0.2, 0.25) is 11.8 Å². The van der Waals surface area contributed by atoms with E-state index in [4.69, 9.17) is 39.5 Å². The van der Waals surface area contributed by atoms with E-state index < -0.39 is 28.5 Å². The molecule has 0 saturated carbocycles. The van der Waals surface area contributed by atoms with Crippen LogP contribution in [0.3, 0.4) is 0 Å². The highest BCUT2D eigenvalue weighted by Crippen LogP contribution is 2.34. The Morgan fingerprint density at radius 2 is 1.54 bits per heavy atom. The van der Waals surface area contributed by atoms with Crippen molar-refractivity contribution in [3.63, 3.8) is 0 Å². The SMILES string of the molecule is CCNC(=O)[C@@H](CC)N(Cc1c(Cl)cccc1Cl)C(=O)CN(c1ccccc1OCC)S(=O)(=O)c1ccc(Cl)cc1. The van der Waals surface area contributed by atoms with E-state index in [1.165, 1.54) is 29.2 Å². The number of ether oxygens (including phenoxy) is 1. The first-order chi connectivity index (χ1) is 19.5. The first-order valence-electron chi connectivity index (χ1n) is 13.0. The van der Waals surface area contributed by atoms with Gasteiger partial charge in [-0.2, -0.15) is 0 Å². The van der Waals surface area contributed by atoms with Crippen LogP contribution in [0.5, 0.6) is 5.75 Å². The van der Waals surface area contributed by atoms with E-state index in [0.717, 1.165) is 4.31 Å². The van der Waals surface area contributed by atoms with E-state index in [-0.39, 0.29) is 41.8 Å². The highest BCUT2D eigenvalue weighted by molar-refractivity contribution is 7.92. The Kier molecular flexibility index (Phi) is 11.7. The van der Waals surface area contributed by atoms with E-state index in [2.05, 4.69) is 5.32 Å². The number of rotatable bonds is 13. The summed E-state index contributed by atoms with van der Waals surface area (Å²) in [7, 11) is -4.30. The Labute approximate surface area is 256 Å². The van der Waals surface area contributed by atoms with Crippen molar-refractivity contribution in [1.29, 1.82) is 0 Å². The molecule has 220 valence electrons. The second kappa shape index (κ2) is 14.8. The van der Waals surface area contributed by atoms with E-state index in [1.807, 2.05) is 0 Å². The average Bonchev–Trinajstić information content (AvgIpc) is 2.94. The van der Waals surface area contributed by atoms with Gasteiger partial charge in [-0.25, -0.2) is 8.42 Å². The number of para-hydroxylation sites is 2. The molecule has 8 nitrogen and oxygen atoms in total. The van der Waals surface area contributed by atoms with Gasteiger partial charge >= 0.3 is 0 Å². The molecular weight excluding hydrogens is 609 g/mol. The summed E-state index contributed by atoms with van der Waals surface area (Å²) in [5.41, 5.74) is 0.605. The molecule has 0 bridgehead atoms. The third kappa shape index (κ3) is 7.86. The van der Waals surface area contributed by atoms with Crippen LogP contribution in [0.2, 0.25) is 15.1 Å². The third-order valence-corrected chi connectivity index (χ3v) is 8.98. The van der Waals surface area contributed by atoms with Crippen molar-refractivity contribution in [2.45, 2.75) is 44.7 Å². The molecule has 0 spiro atoms. The Morgan fingerprint density at radius 1 is 0.902 bits per heavy atom. The molecule has 12 heteroatoms. The monoisotopic (exact) mass is 639 g/mol. The van der Waals surface area contributed by atoms with Gasteiger partial charge in [0.1, 0.15) is 18.3 Å². The van der Waals surface area contributed by atoms with Crippen molar-refractivity contribution in [3.05, 3.63) is 87.4 Å². The molecule has 2 amide bonds. The molecule has 0 fully saturated rings. The molecular formula is C29H32Cl3N3O5S. The lowest BCUT2D eigenvalue weighted by molar-refractivity contribution is -0.140. The average molecular weight is 641 g/mol. The number of amides is 2. The fourth-order valence-electron chi connectivity index (χ4n) is 4.25. The molecule has 41 heavy (non-hydrogen) atoms. The Hall–Kier alpha value is -2.98. The lowest BCUT2D eigenvalue weighted by atomic mass is 10.1. The zero-order valence-corrected chi connectivity index (χ0v) is 26.0. The minimum atomic E-state index is -4.30. The van der Waals surface area contributed by atoms with Crippen LogP contribution < -0.4 is 14.4 Å². The lowest BCUT2D eigenvalue weighted by Crippen LogP contribution is -2.52. The van der Waals surface area contributed by atoms with Gasteiger partial charge in [-0.3, -0.25) is 13.9 Å². The number of likely N-dealkylation sites (N-methyl/N-ethyl adjacent to an activating group) is 1. The van der Waals surface area contributed by atoms with Crippen molar-refractivity contribution in [3.8, 4) is 5.75 Å². The molecule has 0 radical (unpaired) electrons. The second-order valence-electron chi connectivity index (χ2n) is 8.91. The summed E-state index contributed by atoms with van der Waals surface area (Å²) in [5, 5.41) is 3.74. The lowest BCUT2D eigenvalue weighted by Gasteiger charge is -2.33. The molecule has 3 aromatic carbocycles. The second-order valence-corrected chi connectivity index (χ2v) is 12.0. The smallest absolute Gasteiger partial charge is 0.264 e. The zero-order valence-electron chi connectivity index (χ0n) is 22.9. The molecule has 0 aliphatic carbocycles. The van der Waals surface area contributed by atoms with Crippen LogP contribution in [0.15, 0.2) is 71.6 Å². The largest absolute Gasteiger partial charge is 0.492 e.